The van der Waals surface area contributed by atoms with E-state index < -0.39 is 5.91 Å². The van der Waals surface area contributed by atoms with Gasteiger partial charge in [-0.3, -0.25) is 15.2 Å². The highest BCUT2D eigenvalue weighted by atomic mass is 32.2. The number of aromatic nitrogens is 1. The number of hydrogen-bond donors (Lipinski definition) is 1. The molecule has 1 aromatic heterocycles. The molecule has 0 saturated heterocycles. The molecule has 2 aliphatic heterocycles. The van der Waals surface area contributed by atoms with Gasteiger partial charge in [-0.15, -0.1) is 0 Å². The molecule has 0 atom stereocenters. The van der Waals surface area contributed by atoms with Gasteiger partial charge in [0.2, 0.25) is 5.17 Å². The van der Waals surface area contributed by atoms with Gasteiger partial charge in [-0.25, -0.2) is 0 Å². The fourth-order valence-electron chi connectivity index (χ4n) is 1.72. The molecule has 2 aliphatic rings. The molecule has 6 nitrogen and oxygen atoms in total. The summed E-state index contributed by atoms with van der Waals surface area (Å²) in [5.41, 5.74) is 0.970. The monoisotopic (exact) mass is 271 g/mol. The van der Waals surface area contributed by atoms with Gasteiger partial charge in [-0.05, 0) is 36.4 Å². The second kappa shape index (κ2) is 4.43. The summed E-state index contributed by atoms with van der Waals surface area (Å²) in [7, 11) is 0. The third-order valence-electron chi connectivity index (χ3n) is 2.55. The van der Waals surface area contributed by atoms with E-state index in [0.717, 1.165) is 10.6 Å². The van der Waals surface area contributed by atoms with Gasteiger partial charge in [-0.1, -0.05) is 6.07 Å². The van der Waals surface area contributed by atoms with E-state index in [2.05, 4.69) is 15.1 Å². The van der Waals surface area contributed by atoms with Crippen molar-refractivity contribution in [1.82, 2.24) is 9.99 Å². The molecule has 19 heavy (non-hydrogen) atoms. The van der Waals surface area contributed by atoms with E-state index >= 15 is 0 Å². The van der Waals surface area contributed by atoms with Crippen molar-refractivity contribution in [3.05, 3.63) is 35.7 Å². The molecule has 0 spiro atoms. The first-order valence-electron chi connectivity index (χ1n) is 5.52. The third-order valence-corrected chi connectivity index (χ3v) is 3.37. The van der Waals surface area contributed by atoms with Crippen molar-refractivity contribution in [1.29, 1.82) is 5.41 Å². The minimum absolute atomic E-state index is 0.0446. The number of nitrogens with one attached hydrogen (secondary N) is 1. The summed E-state index contributed by atoms with van der Waals surface area (Å²) in [6.07, 6.45) is 4.88. The van der Waals surface area contributed by atoms with Crippen LogP contribution in [-0.4, -0.2) is 31.9 Å². The molecule has 0 aromatic carbocycles. The molecule has 1 amide bonds. The smallest absolute Gasteiger partial charge is 0.282 e. The zero-order chi connectivity index (χ0) is 13.4. The van der Waals surface area contributed by atoms with Gasteiger partial charge in [0, 0.05) is 12.4 Å². The van der Waals surface area contributed by atoms with Crippen molar-refractivity contribution in [3.63, 3.8) is 0 Å². The Hall–Kier alpha value is -2.28. The Kier molecular flexibility index (Phi) is 2.75. The number of hydrogen-bond acceptors (Lipinski definition) is 5. The lowest BCUT2D eigenvalue weighted by Crippen LogP contribution is -2.35. The Bertz CT molecular complexity index is 662. The Balaban J connectivity index is 2.03. The van der Waals surface area contributed by atoms with E-state index in [-0.39, 0.29) is 11.4 Å². The van der Waals surface area contributed by atoms with E-state index in [4.69, 9.17) is 5.41 Å². The molecule has 7 heteroatoms. The van der Waals surface area contributed by atoms with Crippen LogP contribution in [0.4, 0.5) is 0 Å². The first-order valence-corrected chi connectivity index (χ1v) is 6.33. The predicted molar refractivity (Wildman–Crippen MR) is 74.9 cm³/mol. The fourth-order valence-corrected chi connectivity index (χ4v) is 2.45. The van der Waals surface area contributed by atoms with Gasteiger partial charge in [0.25, 0.3) is 5.91 Å². The summed E-state index contributed by atoms with van der Waals surface area (Å²) >= 11 is 1.29. The topological polar surface area (TPSA) is 81.8 Å². The first-order chi connectivity index (χ1) is 9.15. The van der Waals surface area contributed by atoms with Crippen molar-refractivity contribution in [2.24, 2.45) is 10.1 Å². The van der Waals surface area contributed by atoms with Crippen LogP contribution in [0.25, 0.3) is 6.08 Å². The minimum atomic E-state index is -0.419. The van der Waals surface area contributed by atoms with E-state index in [9.17, 15) is 4.79 Å². The standard InChI is InChI=1S/C12H9N5OS/c1-7-16-17-10(13)9(11(18)15-12(17)19-7)5-8-3-2-4-14-6-8/h2-6,13H,1H3. The average molecular weight is 271 g/mol. The minimum Gasteiger partial charge on any atom is -0.282 e. The number of rotatable bonds is 1. The molecular weight excluding hydrogens is 262 g/mol. The van der Waals surface area contributed by atoms with Crippen LogP contribution in [0.1, 0.15) is 12.5 Å². The van der Waals surface area contributed by atoms with Crippen LogP contribution >= 0.6 is 11.8 Å². The maximum Gasteiger partial charge on any atom is 0.283 e. The lowest BCUT2D eigenvalue weighted by atomic mass is 10.1. The van der Waals surface area contributed by atoms with Crippen LogP contribution in [0.3, 0.4) is 0 Å². The number of aliphatic imine (C=N–C) groups is 1. The number of amidine groups is 2. The lowest BCUT2D eigenvalue weighted by Gasteiger charge is -2.20. The number of carbonyl (C=O) groups excluding carboxylic acids is 1. The van der Waals surface area contributed by atoms with E-state index in [0.29, 0.717) is 5.17 Å². The maximum atomic E-state index is 12.0. The van der Waals surface area contributed by atoms with Crippen LogP contribution < -0.4 is 0 Å². The molecule has 0 fully saturated rings. The van der Waals surface area contributed by atoms with E-state index in [1.54, 1.807) is 24.5 Å². The van der Waals surface area contributed by atoms with Crippen LogP contribution in [0.15, 0.2) is 40.2 Å². The van der Waals surface area contributed by atoms with Crippen molar-refractivity contribution in [2.45, 2.75) is 6.92 Å². The number of hydrazone groups is 1. The van der Waals surface area contributed by atoms with Gasteiger partial charge >= 0.3 is 0 Å². The first kappa shape index (κ1) is 11.8. The highest BCUT2D eigenvalue weighted by Gasteiger charge is 2.34. The van der Waals surface area contributed by atoms with Crippen LogP contribution in [0.5, 0.6) is 0 Å². The Morgan fingerprint density at radius 3 is 3.05 bits per heavy atom. The van der Waals surface area contributed by atoms with Gasteiger partial charge < -0.3 is 0 Å². The van der Waals surface area contributed by atoms with E-state index in [1.165, 1.54) is 16.8 Å². The molecule has 1 aromatic rings. The average Bonchev–Trinajstić information content (AvgIpc) is 2.76. The summed E-state index contributed by atoms with van der Waals surface area (Å²) in [6.45, 7) is 1.81. The second-order valence-corrected chi connectivity index (χ2v) is 5.09. The highest BCUT2D eigenvalue weighted by molar-refractivity contribution is 8.26. The van der Waals surface area contributed by atoms with Crippen molar-refractivity contribution < 1.29 is 4.79 Å². The molecule has 3 heterocycles. The number of fused-ring (bicyclic) bond motifs is 1. The zero-order valence-corrected chi connectivity index (χ0v) is 10.8. The normalized spacial score (nSPS) is 20.5. The largest absolute Gasteiger partial charge is 0.283 e. The predicted octanol–water partition coefficient (Wildman–Crippen LogP) is 1.72. The molecule has 0 unspecified atom stereocenters. The number of carbonyl (C=O) groups is 1. The molecule has 94 valence electrons. The molecule has 0 aliphatic carbocycles. The summed E-state index contributed by atoms with van der Waals surface area (Å²) in [5, 5.41) is 14.8. The Morgan fingerprint density at radius 2 is 2.32 bits per heavy atom. The number of pyridine rings is 1. The lowest BCUT2D eigenvalue weighted by molar-refractivity contribution is -0.114. The fraction of sp³-hybridized carbons (Fsp3) is 0.0833. The van der Waals surface area contributed by atoms with Crippen LogP contribution in [0.2, 0.25) is 0 Å². The summed E-state index contributed by atoms with van der Waals surface area (Å²) < 4.78 is 0. The summed E-state index contributed by atoms with van der Waals surface area (Å²) in [6, 6.07) is 3.58. The molecular formula is C12H9N5OS. The summed E-state index contributed by atoms with van der Waals surface area (Å²) in [5.74, 6) is -0.374. The Labute approximate surface area is 113 Å². The van der Waals surface area contributed by atoms with Crippen molar-refractivity contribution in [3.8, 4) is 0 Å². The number of nitrogens with zero attached hydrogens (tertiary/aromatic N) is 4. The van der Waals surface area contributed by atoms with Gasteiger partial charge in [0.05, 0.1) is 10.6 Å². The van der Waals surface area contributed by atoms with Crippen LogP contribution in [0, 0.1) is 5.41 Å². The quantitative estimate of drug-likeness (QED) is 0.788. The molecule has 3 rings (SSSR count). The van der Waals surface area contributed by atoms with Crippen LogP contribution in [-0.2, 0) is 4.79 Å². The molecule has 0 saturated carbocycles. The number of thioether (sulfide) groups is 1. The maximum absolute atomic E-state index is 12.0. The van der Waals surface area contributed by atoms with Crippen molar-refractivity contribution >= 4 is 39.8 Å². The zero-order valence-electron chi connectivity index (χ0n) is 9.99. The van der Waals surface area contributed by atoms with Crippen molar-refractivity contribution in [2.75, 3.05) is 0 Å². The highest BCUT2D eigenvalue weighted by Crippen LogP contribution is 2.27. The molecule has 0 bridgehead atoms. The molecule has 1 N–H and O–H groups in total. The molecule has 0 radical (unpaired) electrons. The van der Waals surface area contributed by atoms with E-state index in [1.807, 2.05) is 13.0 Å². The third kappa shape index (κ3) is 2.08. The van der Waals surface area contributed by atoms with Gasteiger partial charge in [0.15, 0.2) is 5.84 Å². The number of amides is 1. The van der Waals surface area contributed by atoms with Gasteiger partial charge in [-0.2, -0.15) is 15.1 Å². The second-order valence-electron chi connectivity index (χ2n) is 3.93. The van der Waals surface area contributed by atoms with Gasteiger partial charge in [0.1, 0.15) is 0 Å². The SMILES string of the molecule is CC1=NN2C(=N)C(=Cc3cccnc3)C(=O)N=C2S1. The Morgan fingerprint density at radius 1 is 1.47 bits per heavy atom. The summed E-state index contributed by atoms with van der Waals surface area (Å²) in [4.78, 5) is 19.9.